The van der Waals surface area contributed by atoms with Crippen LogP contribution in [0.3, 0.4) is 0 Å². The SMILES string of the molecule is CC1CC2CCC(C2)N1c1cccc(-c2nc(-c3cccc(-c4ccccc4)c3)cc(-n3c4ccccc4c4ccccc43)n2)c1. The highest BCUT2D eigenvalue weighted by molar-refractivity contribution is 6.09. The van der Waals surface area contributed by atoms with Gasteiger partial charge in [0.05, 0.1) is 16.7 Å². The molecule has 224 valence electrons. The summed E-state index contributed by atoms with van der Waals surface area (Å²) < 4.78 is 2.30. The number of benzene rings is 5. The molecule has 3 atom stereocenters. The van der Waals surface area contributed by atoms with E-state index in [1.807, 2.05) is 0 Å². The highest BCUT2D eigenvalue weighted by Gasteiger charge is 2.38. The van der Waals surface area contributed by atoms with E-state index >= 15 is 0 Å². The lowest BCUT2D eigenvalue weighted by Gasteiger charge is -2.41. The van der Waals surface area contributed by atoms with Crippen molar-refractivity contribution in [2.75, 3.05) is 4.90 Å². The average molecular weight is 597 g/mol. The minimum atomic E-state index is 0.544. The van der Waals surface area contributed by atoms with Crippen LogP contribution in [0.5, 0.6) is 0 Å². The van der Waals surface area contributed by atoms with Crippen molar-refractivity contribution in [3.05, 3.63) is 133 Å². The number of aromatic nitrogens is 3. The third-order valence-electron chi connectivity index (χ3n) is 10.2. The number of rotatable bonds is 5. The van der Waals surface area contributed by atoms with Gasteiger partial charge in [0.2, 0.25) is 0 Å². The molecule has 1 saturated carbocycles. The summed E-state index contributed by atoms with van der Waals surface area (Å²) in [6.07, 6.45) is 5.25. The van der Waals surface area contributed by atoms with Gasteiger partial charge in [-0.15, -0.1) is 0 Å². The van der Waals surface area contributed by atoms with Crippen molar-refractivity contribution in [3.63, 3.8) is 0 Å². The van der Waals surface area contributed by atoms with Crippen LogP contribution in [0.25, 0.3) is 61.4 Å². The maximum Gasteiger partial charge on any atom is 0.162 e. The standard InChI is InChI=1S/C42H36N4/c1-28-23-29-21-22-35(24-29)45(28)34-16-10-15-33(26-34)42-43-38(32-14-9-13-31(25-32)30-11-3-2-4-12-30)27-41(44-42)46-39-19-7-5-17-36(39)37-18-6-8-20-40(37)46/h2-20,25-29,35H,21-24H2,1H3. The Bertz CT molecular complexity index is 2160. The van der Waals surface area contributed by atoms with Crippen molar-refractivity contribution in [1.82, 2.24) is 14.5 Å². The van der Waals surface area contributed by atoms with Gasteiger partial charge in [0, 0.05) is 45.7 Å². The quantitative estimate of drug-likeness (QED) is 0.198. The van der Waals surface area contributed by atoms with Crippen LogP contribution in [0, 0.1) is 5.92 Å². The largest absolute Gasteiger partial charge is 0.366 e. The molecule has 46 heavy (non-hydrogen) atoms. The molecule has 0 radical (unpaired) electrons. The van der Waals surface area contributed by atoms with E-state index < -0.39 is 0 Å². The van der Waals surface area contributed by atoms with Crippen LogP contribution in [-0.4, -0.2) is 26.6 Å². The van der Waals surface area contributed by atoms with E-state index in [0.717, 1.165) is 45.4 Å². The number of nitrogens with zero attached hydrogens (tertiary/aromatic N) is 4. The molecule has 1 saturated heterocycles. The van der Waals surface area contributed by atoms with Gasteiger partial charge in [0.1, 0.15) is 5.82 Å². The Labute approximate surface area is 270 Å². The van der Waals surface area contributed by atoms with E-state index in [2.05, 4.69) is 150 Å². The summed E-state index contributed by atoms with van der Waals surface area (Å²) in [5.41, 5.74) is 8.97. The third-order valence-corrected chi connectivity index (χ3v) is 10.2. The number of hydrogen-bond acceptors (Lipinski definition) is 3. The van der Waals surface area contributed by atoms with E-state index in [4.69, 9.17) is 9.97 Å². The van der Waals surface area contributed by atoms with Crippen LogP contribution in [0.1, 0.15) is 32.6 Å². The van der Waals surface area contributed by atoms with Gasteiger partial charge in [0.25, 0.3) is 0 Å². The molecule has 9 rings (SSSR count). The van der Waals surface area contributed by atoms with Crippen molar-refractivity contribution in [3.8, 4) is 39.6 Å². The van der Waals surface area contributed by atoms with Gasteiger partial charge < -0.3 is 4.90 Å². The second-order valence-corrected chi connectivity index (χ2v) is 13.1. The molecule has 5 aromatic carbocycles. The van der Waals surface area contributed by atoms with Gasteiger partial charge in [-0.2, -0.15) is 0 Å². The summed E-state index contributed by atoms with van der Waals surface area (Å²) in [6.45, 7) is 2.40. The van der Waals surface area contributed by atoms with Crippen LogP contribution >= 0.6 is 0 Å². The Morgan fingerprint density at radius 1 is 0.565 bits per heavy atom. The van der Waals surface area contributed by atoms with Crippen LogP contribution < -0.4 is 4.90 Å². The highest BCUT2D eigenvalue weighted by atomic mass is 15.2. The second kappa shape index (κ2) is 11.0. The van der Waals surface area contributed by atoms with Gasteiger partial charge >= 0.3 is 0 Å². The smallest absolute Gasteiger partial charge is 0.162 e. The van der Waals surface area contributed by atoms with Crippen molar-refractivity contribution >= 4 is 27.5 Å². The maximum absolute atomic E-state index is 5.34. The molecular formula is C42H36N4. The zero-order valence-corrected chi connectivity index (χ0v) is 26.1. The van der Waals surface area contributed by atoms with Crippen molar-refractivity contribution in [2.45, 2.75) is 44.7 Å². The lowest BCUT2D eigenvalue weighted by atomic mass is 9.92. The molecule has 4 heteroatoms. The van der Waals surface area contributed by atoms with Crippen LogP contribution in [0.4, 0.5) is 5.69 Å². The molecule has 0 spiro atoms. The van der Waals surface area contributed by atoms with Gasteiger partial charge in [-0.3, -0.25) is 4.57 Å². The van der Waals surface area contributed by atoms with Crippen molar-refractivity contribution in [2.24, 2.45) is 5.92 Å². The van der Waals surface area contributed by atoms with E-state index in [1.165, 1.54) is 53.3 Å². The van der Waals surface area contributed by atoms with Crippen LogP contribution in [0.15, 0.2) is 133 Å². The fourth-order valence-electron chi connectivity index (χ4n) is 8.23. The lowest BCUT2D eigenvalue weighted by Crippen LogP contribution is -2.44. The van der Waals surface area contributed by atoms with Crippen molar-refractivity contribution in [1.29, 1.82) is 0 Å². The summed E-state index contributed by atoms with van der Waals surface area (Å²) in [5, 5.41) is 2.45. The summed E-state index contributed by atoms with van der Waals surface area (Å²) in [5.74, 6) is 2.51. The topological polar surface area (TPSA) is 34.0 Å². The lowest BCUT2D eigenvalue weighted by molar-refractivity contribution is 0.372. The molecule has 3 unspecified atom stereocenters. The third kappa shape index (κ3) is 4.59. The van der Waals surface area contributed by atoms with Gasteiger partial charge in [-0.05, 0) is 80.0 Å². The number of hydrogen-bond donors (Lipinski definition) is 0. The van der Waals surface area contributed by atoms with Gasteiger partial charge in [0.15, 0.2) is 5.82 Å². The molecule has 4 nitrogen and oxygen atoms in total. The Morgan fingerprint density at radius 3 is 2.04 bits per heavy atom. The fraction of sp³-hybridized carbons (Fsp3) is 0.190. The summed E-state index contributed by atoms with van der Waals surface area (Å²) >= 11 is 0. The highest BCUT2D eigenvalue weighted by Crippen LogP contribution is 2.43. The minimum absolute atomic E-state index is 0.544. The Morgan fingerprint density at radius 2 is 1.24 bits per heavy atom. The number of anilines is 1. The Kier molecular flexibility index (Phi) is 6.48. The fourth-order valence-corrected chi connectivity index (χ4v) is 8.23. The first kappa shape index (κ1) is 27.1. The molecule has 7 aromatic rings. The van der Waals surface area contributed by atoms with Gasteiger partial charge in [-0.1, -0.05) is 97.1 Å². The summed E-state index contributed by atoms with van der Waals surface area (Å²) in [6, 6.07) is 48.8. The molecule has 2 aliphatic rings. The maximum atomic E-state index is 5.34. The Hall–Kier alpha value is -5.22. The average Bonchev–Trinajstić information content (AvgIpc) is 3.66. The zero-order chi connectivity index (χ0) is 30.6. The van der Waals surface area contributed by atoms with Crippen molar-refractivity contribution < 1.29 is 0 Å². The first-order valence-corrected chi connectivity index (χ1v) is 16.6. The minimum Gasteiger partial charge on any atom is -0.366 e. The zero-order valence-electron chi connectivity index (χ0n) is 26.1. The van der Waals surface area contributed by atoms with E-state index in [0.29, 0.717) is 12.1 Å². The molecule has 3 heterocycles. The van der Waals surface area contributed by atoms with Crippen LogP contribution in [0.2, 0.25) is 0 Å². The molecular weight excluding hydrogens is 560 g/mol. The van der Waals surface area contributed by atoms with E-state index in [9.17, 15) is 0 Å². The molecule has 1 aliphatic heterocycles. The monoisotopic (exact) mass is 596 g/mol. The Balaban J connectivity index is 1.24. The molecule has 0 amide bonds. The number of piperidine rings is 1. The summed E-state index contributed by atoms with van der Waals surface area (Å²) in [4.78, 5) is 13.3. The number of fused-ring (bicyclic) bond motifs is 5. The number of para-hydroxylation sites is 2. The molecule has 2 bridgehead atoms. The molecule has 2 aromatic heterocycles. The predicted molar refractivity (Wildman–Crippen MR) is 190 cm³/mol. The van der Waals surface area contributed by atoms with Gasteiger partial charge in [-0.25, -0.2) is 9.97 Å². The predicted octanol–water partition coefficient (Wildman–Crippen LogP) is 10.3. The summed E-state index contributed by atoms with van der Waals surface area (Å²) in [7, 11) is 0. The first-order chi connectivity index (χ1) is 22.7. The van der Waals surface area contributed by atoms with Crippen LogP contribution in [-0.2, 0) is 0 Å². The van der Waals surface area contributed by atoms with E-state index in [-0.39, 0.29) is 0 Å². The van der Waals surface area contributed by atoms with E-state index in [1.54, 1.807) is 0 Å². The molecule has 1 aliphatic carbocycles. The first-order valence-electron chi connectivity index (χ1n) is 16.6. The molecule has 2 fully saturated rings. The molecule has 0 N–H and O–H groups in total. The second-order valence-electron chi connectivity index (χ2n) is 13.1. The normalized spacial score (nSPS) is 19.2.